The zero-order valence-electron chi connectivity index (χ0n) is 24.1. The molecule has 2 saturated heterocycles. The van der Waals surface area contributed by atoms with Gasteiger partial charge in [-0.1, -0.05) is 39.3 Å². The Morgan fingerprint density at radius 3 is 2.67 bits per heavy atom. The van der Waals surface area contributed by atoms with E-state index in [1.54, 1.807) is 26.0 Å². The van der Waals surface area contributed by atoms with E-state index >= 15 is 0 Å². The number of epoxide rings is 1. The van der Waals surface area contributed by atoms with E-state index in [0.717, 1.165) is 24.8 Å². The summed E-state index contributed by atoms with van der Waals surface area (Å²) in [4.78, 5) is 31.3. The number of carbonyl (C=O) groups excluding carboxylic acids is 2. The highest BCUT2D eigenvalue weighted by atomic mass is 16.6. The number of aliphatic hydroxyl groups is 2. The topological polar surface area (TPSA) is 148 Å². The van der Waals surface area contributed by atoms with Crippen LogP contribution in [0.3, 0.4) is 0 Å². The molecular formula is C31H44N2O7. The molecule has 7 atom stereocenters. The number of esters is 1. The summed E-state index contributed by atoms with van der Waals surface area (Å²) in [5, 5.41) is 22.4. The molecule has 0 spiro atoms. The SMILES string of the molecule is C=CCC[C@H]1C(=O)C(C)(C)[C@@H](O)CC(=O)O[C@H](c2ccc3oc(CN)nc3c2)C[C@@H]2O[C@]2(C)CCC[C@H](C)[C@@H]1O. The van der Waals surface area contributed by atoms with Crippen LogP contribution in [0.5, 0.6) is 0 Å². The number of oxazole rings is 1. The molecule has 9 heteroatoms. The predicted molar refractivity (Wildman–Crippen MR) is 150 cm³/mol. The van der Waals surface area contributed by atoms with Crippen molar-refractivity contribution in [2.75, 3.05) is 0 Å². The fourth-order valence-corrected chi connectivity index (χ4v) is 5.89. The second kappa shape index (κ2) is 12.1. The summed E-state index contributed by atoms with van der Waals surface area (Å²) in [6, 6.07) is 5.44. The Hall–Kier alpha value is -2.59. The van der Waals surface area contributed by atoms with Crippen molar-refractivity contribution >= 4 is 22.9 Å². The largest absolute Gasteiger partial charge is 0.457 e. The third-order valence-corrected chi connectivity index (χ3v) is 8.91. The molecule has 4 rings (SSSR count). The molecule has 0 unspecified atom stereocenters. The highest BCUT2D eigenvalue weighted by Crippen LogP contribution is 2.47. The smallest absolute Gasteiger partial charge is 0.309 e. The Bertz CT molecular complexity index is 1220. The number of hydrogen-bond donors (Lipinski definition) is 3. The highest BCUT2D eigenvalue weighted by molar-refractivity contribution is 5.88. The Labute approximate surface area is 236 Å². The lowest BCUT2D eigenvalue weighted by Gasteiger charge is -2.36. The number of hydrogen-bond acceptors (Lipinski definition) is 9. The monoisotopic (exact) mass is 556 g/mol. The summed E-state index contributed by atoms with van der Waals surface area (Å²) in [5.41, 5.74) is 5.99. The number of ether oxygens (including phenoxy) is 2. The van der Waals surface area contributed by atoms with Crippen molar-refractivity contribution in [3.63, 3.8) is 0 Å². The van der Waals surface area contributed by atoms with E-state index in [1.165, 1.54) is 0 Å². The van der Waals surface area contributed by atoms with E-state index in [-0.39, 0.29) is 36.4 Å². The normalized spacial score (nSPS) is 33.8. The second-order valence-electron chi connectivity index (χ2n) is 12.3. The van der Waals surface area contributed by atoms with Crippen molar-refractivity contribution in [2.24, 2.45) is 23.0 Å². The molecule has 3 heterocycles. The molecule has 4 N–H and O–H groups in total. The van der Waals surface area contributed by atoms with E-state index in [0.29, 0.717) is 36.3 Å². The molecule has 0 amide bonds. The first-order chi connectivity index (χ1) is 18.9. The summed E-state index contributed by atoms with van der Waals surface area (Å²) in [5.74, 6) is -1.26. The molecule has 0 bridgehead atoms. The molecule has 2 aromatic rings. The van der Waals surface area contributed by atoms with Gasteiger partial charge in [0, 0.05) is 12.3 Å². The van der Waals surface area contributed by atoms with Gasteiger partial charge in [0.1, 0.15) is 17.4 Å². The number of cyclic esters (lactones) is 1. The molecule has 0 aliphatic carbocycles. The van der Waals surface area contributed by atoms with Gasteiger partial charge >= 0.3 is 5.97 Å². The second-order valence-corrected chi connectivity index (χ2v) is 12.3. The number of ketones is 1. The third kappa shape index (κ3) is 6.48. The number of allylic oxidation sites excluding steroid dienone is 1. The first kappa shape index (κ1) is 30.4. The molecule has 2 fully saturated rings. The average Bonchev–Trinajstić information content (AvgIpc) is 3.35. The fraction of sp³-hybridized carbons (Fsp3) is 0.645. The Morgan fingerprint density at radius 2 is 1.98 bits per heavy atom. The molecule has 0 radical (unpaired) electrons. The molecule has 1 aromatic heterocycles. The van der Waals surface area contributed by atoms with Crippen molar-refractivity contribution in [2.45, 2.75) is 109 Å². The van der Waals surface area contributed by atoms with Crippen LogP contribution in [0.2, 0.25) is 0 Å². The van der Waals surface area contributed by atoms with E-state index in [4.69, 9.17) is 19.6 Å². The maximum atomic E-state index is 13.7. The molecule has 2 aliphatic heterocycles. The van der Waals surface area contributed by atoms with E-state index in [9.17, 15) is 19.8 Å². The minimum Gasteiger partial charge on any atom is -0.457 e. The van der Waals surface area contributed by atoms with Crippen molar-refractivity contribution in [3.05, 3.63) is 42.3 Å². The minimum atomic E-state index is -1.29. The first-order valence-electron chi connectivity index (χ1n) is 14.4. The van der Waals surface area contributed by atoms with Crippen LogP contribution in [-0.2, 0) is 25.6 Å². The summed E-state index contributed by atoms with van der Waals surface area (Å²) in [6.45, 7) is 11.2. The molecule has 2 aliphatic rings. The van der Waals surface area contributed by atoms with Gasteiger partial charge in [-0.3, -0.25) is 9.59 Å². The van der Waals surface area contributed by atoms with Crippen LogP contribution in [0.15, 0.2) is 35.3 Å². The summed E-state index contributed by atoms with van der Waals surface area (Å²) in [7, 11) is 0. The number of fused-ring (bicyclic) bond motifs is 2. The molecule has 220 valence electrons. The lowest BCUT2D eigenvalue weighted by Crippen LogP contribution is -2.46. The van der Waals surface area contributed by atoms with Crippen LogP contribution < -0.4 is 5.73 Å². The zero-order chi connectivity index (χ0) is 29.2. The van der Waals surface area contributed by atoms with Crippen molar-refractivity contribution in [1.29, 1.82) is 0 Å². The maximum Gasteiger partial charge on any atom is 0.309 e. The van der Waals surface area contributed by atoms with Crippen molar-refractivity contribution < 1.29 is 33.7 Å². The van der Waals surface area contributed by atoms with Gasteiger partial charge in [-0.2, -0.15) is 0 Å². The van der Waals surface area contributed by atoms with Gasteiger partial charge in [0.15, 0.2) is 5.58 Å². The number of carbonyl (C=O) groups is 2. The fourth-order valence-electron chi connectivity index (χ4n) is 5.89. The summed E-state index contributed by atoms with van der Waals surface area (Å²) < 4.78 is 17.7. The summed E-state index contributed by atoms with van der Waals surface area (Å²) >= 11 is 0. The lowest BCUT2D eigenvalue weighted by atomic mass is 9.71. The molecule has 1 aromatic carbocycles. The van der Waals surface area contributed by atoms with Gasteiger partial charge in [0.2, 0.25) is 5.89 Å². The summed E-state index contributed by atoms with van der Waals surface area (Å²) in [6.07, 6.45) is 2.22. The minimum absolute atomic E-state index is 0.116. The Kier molecular flexibility index (Phi) is 9.19. The Balaban J connectivity index is 1.63. The van der Waals surface area contributed by atoms with Gasteiger partial charge in [-0.15, -0.1) is 6.58 Å². The zero-order valence-corrected chi connectivity index (χ0v) is 24.1. The van der Waals surface area contributed by atoms with Gasteiger partial charge < -0.3 is 29.8 Å². The predicted octanol–water partition coefficient (Wildman–Crippen LogP) is 4.53. The van der Waals surface area contributed by atoms with Crippen molar-refractivity contribution in [1.82, 2.24) is 4.98 Å². The maximum absolute atomic E-state index is 13.7. The van der Waals surface area contributed by atoms with Crippen molar-refractivity contribution in [3.8, 4) is 0 Å². The quantitative estimate of drug-likeness (QED) is 0.274. The molecule has 9 nitrogen and oxygen atoms in total. The van der Waals surface area contributed by atoms with Crippen LogP contribution >= 0.6 is 0 Å². The van der Waals surface area contributed by atoms with Crippen LogP contribution in [0.25, 0.3) is 11.1 Å². The highest BCUT2D eigenvalue weighted by Gasteiger charge is 2.53. The third-order valence-electron chi connectivity index (χ3n) is 8.91. The van der Waals surface area contributed by atoms with E-state index in [1.807, 2.05) is 19.1 Å². The number of aromatic nitrogens is 1. The standard InChI is InChI=1S/C31H44N2O7/c1-6-7-10-20-28(36)18(2)9-8-13-31(5)25(40-31)15-23(39-27(35)16-24(34)30(3,4)29(20)37)19-11-12-22-21(14-19)33-26(17-32)38-22/h6,11-12,14,18,20,23-25,28,34,36H,1,7-10,13,15-17,32H2,2-5H3/t18-,20+,23-,24-,25-,28-,31+/m0/s1. The van der Waals surface area contributed by atoms with Crippen LogP contribution in [0, 0.1) is 17.3 Å². The van der Waals surface area contributed by atoms with Crippen LogP contribution in [0.4, 0.5) is 0 Å². The van der Waals surface area contributed by atoms with Gasteiger partial charge in [0.25, 0.3) is 0 Å². The molecule has 40 heavy (non-hydrogen) atoms. The first-order valence-corrected chi connectivity index (χ1v) is 14.4. The Morgan fingerprint density at radius 1 is 1.23 bits per heavy atom. The van der Waals surface area contributed by atoms with E-state index < -0.39 is 35.6 Å². The number of aliphatic hydroxyl groups excluding tert-OH is 2. The number of Topliss-reactive ketones (excluding diaryl/α,β-unsaturated/α-hetero) is 1. The lowest BCUT2D eigenvalue weighted by molar-refractivity contribution is -0.156. The number of nitrogens with two attached hydrogens (primary N) is 1. The van der Waals surface area contributed by atoms with Crippen LogP contribution in [0.1, 0.15) is 90.2 Å². The van der Waals surface area contributed by atoms with Gasteiger partial charge in [-0.05, 0) is 56.2 Å². The number of rotatable bonds is 5. The van der Waals surface area contributed by atoms with Crippen LogP contribution in [-0.4, -0.2) is 50.9 Å². The molecule has 0 saturated carbocycles. The molecular weight excluding hydrogens is 512 g/mol. The van der Waals surface area contributed by atoms with Gasteiger partial charge in [0.05, 0.1) is 42.3 Å². The average molecular weight is 557 g/mol. The number of nitrogens with zero attached hydrogens (tertiary/aromatic N) is 1. The number of benzene rings is 1. The van der Waals surface area contributed by atoms with E-state index in [2.05, 4.69) is 18.5 Å². The van der Waals surface area contributed by atoms with Gasteiger partial charge in [-0.25, -0.2) is 4.98 Å².